The average Bonchev–Trinajstić information content (AvgIpc) is 3.30. The van der Waals surface area contributed by atoms with E-state index in [2.05, 4.69) is 4.98 Å². The van der Waals surface area contributed by atoms with Crippen molar-refractivity contribution >= 4 is 11.8 Å². The Kier molecular flexibility index (Phi) is 4.78. The van der Waals surface area contributed by atoms with Gasteiger partial charge in [-0.3, -0.25) is 9.59 Å². The number of amides is 2. The maximum Gasteiger partial charge on any atom is 0.270 e. The predicted molar refractivity (Wildman–Crippen MR) is 97.9 cm³/mol. The minimum atomic E-state index is 0.0936. The fourth-order valence-electron chi connectivity index (χ4n) is 4.69. The number of aromatic amines is 1. The smallest absolute Gasteiger partial charge is 0.270 e. The lowest BCUT2D eigenvalue weighted by Crippen LogP contribution is -2.53. The molecule has 0 aliphatic carbocycles. The second-order valence-corrected chi connectivity index (χ2v) is 8.29. The lowest BCUT2D eigenvalue weighted by Gasteiger charge is -2.47. The lowest BCUT2D eigenvalue weighted by molar-refractivity contribution is -0.141. The van der Waals surface area contributed by atoms with E-state index >= 15 is 0 Å². The maximum atomic E-state index is 12.6. The third-order valence-corrected chi connectivity index (χ3v) is 6.37. The summed E-state index contributed by atoms with van der Waals surface area (Å²) < 4.78 is 5.73. The van der Waals surface area contributed by atoms with Gasteiger partial charge in [0, 0.05) is 45.4 Å². The van der Waals surface area contributed by atoms with Crippen molar-refractivity contribution in [3.63, 3.8) is 0 Å². The Morgan fingerprint density at radius 1 is 1.35 bits per heavy atom. The number of hydrogen-bond acceptors (Lipinski definition) is 3. The van der Waals surface area contributed by atoms with Gasteiger partial charge in [0.2, 0.25) is 5.91 Å². The van der Waals surface area contributed by atoms with Crippen LogP contribution in [0.25, 0.3) is 0 Å². The zero-order valence-electron chi connectivity index (χ0n) is 15.6. The average molecular weight is 359 g/mol. The summed E-state index contributed by atoms with van der Waals surface area (Å²) in [5.74, 6) is 0.363. The van der Waals surface area contributed by atoms with E-state index in [9.17, 15) is 9.59 Å². The molecular formula is C20H29N3O3. The zero-order valence-corrected chi connectivity index (χ0v) is 15.6. The molecule has 0 radical (unpaired) electrons. The summed E-state index contributed by atoms with van der Waals surface area (Å²) in [6.07, 6.45) is 7.80. The van der Waals surface area contributed by atoms with Crippen LogP contribution in [0.15, 0.2) is 12.3 Å². The van der Waals surface area contributed by atoms with Gasteiger partial charge in [0.15, 0.2) is 0 Å². The number of carbonyl (C=O) groups is 2. The van der Waals surface area contributed by atoms with Gasteiger partial charge in [-0.2, -0.15) is 0 Å². The molecule has 6 heteroatoms. The molecule has 3 aliphatic heterocycles. The number of rotatable bonds is 3. The first-order valence-electron chi connectivity index (χ1n) is 9.88. The number of nitrogens with one attached hydrogen (secondary N) is 1. The van der Waals surface area contributed by atoms with Crippen molar-refractivity contribution in [2.75, 3.05) is 32.8 Å². The summed E-state index contributed by atoms with van der Waals surface area (Å²) >= 11 is 0. The largest absolute Gasteiger partial charge is 0.376 e. The van der Waals surface area contributed by atoms with E-state index in [1.165, 1.54) is 0 Å². The fourth-order valence-corrected chi connectivity index (χ4v) is 4.69. The van der Waals surface area contributed by atoms with Crippen LogP contribution in [0, 0.1) is 12.3 Å². The monoisotopic (exact) mass is 359 g/mol. The molecule has 1 aromatic heterocycles. The summed E-state index contributed by atoms with van der Waals surface area (Å²) in [6.45, 7) is 5.94. The standard InChI is InChI=1S/C20H29N3O3/c1-15-11-17(21-12-15)19(25)22-8-6-20(7-9-22)5-4-18(24)23(14-20)13-16-3-2-10-26-16/h11-12,16,21H,2-10,13-14H2,1H3/t16-/m0/s1. The molecule has 2 amide bonds. The molecule has 0 aromatic carbocycles. The molecule has 3 saturated heterocycles. The first kappa shape index (κ1) is 17.6. The second-order valence-electron chi connectivity index (χ2n) is 8.29. The molecule has 1 atom stereocenters. The fraction of sp³-hybridized carbons (Fsp3) is 0.700. The van der Waals surface area contributed by atoms with Gasteiger partial charge >= 0.3 is 0 Å². The summed E-state index contributed by atoms with van der Waals surface area (Å²) in [7, 11) is 0. The number of aryl methyl sites for hydroxylation is 1. The maximum absolute atomic E-state index is 12.6. The molecule has 1 aromatic rings. The molecule has 0 unspecified atom stereocenters. The van der Waals surface area contributed by atoms with Gasteiger partial charge in [0.1, 0.15) is 5.69 Å². The predicted octanol–water partition coefficient (Wildman–Crippen LogP) is 2.35. The van der Waals surface area contributed by atoms with Gasteiger partial charge in [-0.15, -0.1) is 0 Å². The third-order valence-electron chi connectivity index (χ3n) is 6.37. The molecule has 4 rings (SSSR count). The van der Waals surface area contributed by atoms with Crippen molar-refractivity contribution in [1.29, 1.82) is 0 Å². The number of carbonyl (C=O) groups excluding carboxylic acids is 2. The molecular weight excluding hydrogens is 330 g/mol. The minimum absolute atomic E-state index is 0.0936. The lowest BCUT2D eigenvalue weighted by atomic mass is 9.72. The number of piperidine rings is 2. The zero-order chi connectivity index (χ0) is 18.1. The van der Waals surface area contributed by atoms with E-state index < -0.39 is 0 Å². The number of likely N-dealkylation sites (tertiary alicyclic amines) is 2. The van der Waals surface area contributed by atoms with Crippen LogP contribution in [0.3, 0.4) is 0 Å². The Morgan fingerprint density at radius 3 is 2.81 bits per heavy atom. The highest BCUT2D eigenvalue weighted by molar-refractivity contribution is 5.92. The molecule has 1 N–H and O–H groups in total. The van der Waals surface area contributed by atoms with E-state index in [1.807, 2.05) is 29.0 Å². The van der Waals surface area contributed by atoms with Crippen molar-refractivity contribution in [2.24, 2.45) is 5.41 Å². The van der Waals surface area contributed by atoms with Crippen LogP contribution >= 0.6 is 0 Å². The van der Waals surface area contributed by atoms with Crippen molar-refractivity contribution in [1.82, 2.24) is 14.8 Å². The molecule has 1 spiro atoms. The summed E-state index contributed by atoms with van der Waals surface area (Å²) in [5.41, 5.74) is 1.93. The molecule has 0 saturated carbocycles. The topological polar surface area (TPSA) is 65.6 Å². The van der Waals surface area contributed by atoms with E-state index in [1.54, 1.807) is 0 Å². The quantitative estimate of drug-likeness (QED) is 0.901. The van der Waals surface area contributed by atoms with Gasteiger partial charge in [-0.05, 0) is 56.1 Å². The number of ether oxygens (including phenoxy) is 1. The van der Waals surface area contributed by atoms with Gasteiger partial charge in [-0.1, -0.05) is 0 Å². The van der Waals surface area contributed by atoms with Gasteiger partial charge < -0.3 is 19.5 Å². The van der Waals surface area contributed by atoms with Crippen molar-refractivity contribution in [2.45, 2.75) is 51.6 Å². The summed E-state index contributed by atoms with van der Waals surface area (Å²) in [4.78, 5) is 32.1. The Labute approximate surface area is 154 Å². The highest BCUT2D eigenvalue weighted by Crippen LogP contribution is 2.40. The Hall–Kier alpha value is -1.82. The first-order valence-corrected chi connectivity index (χ1v) is 9.88. The second kappa shape index (κ2) is 7.06. The van der Waals surface area contributed by atoms with E-state index in [0.29, 0.717) is 12.1 Å². The number of aromatic nitrogens is 1. The van der Waals surface area contributed by atoms with E-state index in [0.717, 1.165) is 70.5 Å². The minimum Gasteiger partial charge on any atom is -0.376 e. The molecule has 3 fully saturated rings. The van der Waals surface area contributed by atoms with Gasteiger partial charge in [0.25, 0.3) is 5.91 Å². The Morgan fingerprint density at radius 2 is 2.15 bits per heavy atom. The molecule has 6 nitrogen and oxygen atoms in total. The molecule has 142 valence electrons. The van der Waals surface area contributed by atoms with Crippen LogP contribution in [-0.4, -0.2) is 65.5 Å². The number of hydrogen-bond donors (Lipinski definition) is 1. The van der Waals surface area contributed by atoms with E-state index in [4.69, 9.17) is 4.74 Å². The SMILES string of the molecule is Cc1c[nH]c(C(=O)N2CCC3(CCC(=O)N(C[C@@H]4CCCO4)C3)CC2)c1. The van der Waals surface area contributed by atoms with Crippen LogP contribution in [0.1, 0.15) is 54.6 Å². The summed E-state index contributed by atoms with van der Waals surface area (Å²) in [5, 5.41) is 0. The van der Waals surface area contributed by atoms with Gasteiger partial charge in [-0.25, -0.2) is 0 Å². The Balaban J connectivity index is 1.36. The van der Waals surface area contributed by atoms with Crippen LogP contribution in [0.5, 0.6) is 0 Å². The summed E-state index contributed by atoms with van der Waals surface area (Å²) in [6, 6.07) is 1.91. The van der Waals surface area contributed by atoms with Crippen LogP contribution in [0.2, 0.25) is 0 Å². The van der Waals surface area contributed by atoms with Gasteiger partial charge in [0.05, 0.1) is 6.10 Å². The van der Waals surface area contributed by atoms with Crippen molar-refractivity contribution in [3.05, 3.63) is 23.5 Å². The molecule has 0 bridgehead atoms. The number of nitrogens with zero attached hydrogens (tertiary/aromatic N) is 2. The molecule has 3 aliphatic rings. The van der Waals surface area contributed by atoms with E-state index in [-0.39, 0.29) is 23.3 Å². The van der Waals surface area contributed by atoms with Crippen LogP contribution in [-0.2, 0) is 9.53 Å². The van der Waals surface area contributed by atoms with Crippen LogP contribution in [0.4, 0.5) is 0 Å². The molecule has 26 heavy (non-hydrogen) atoms. The normalized spacial score (nSPS) is 25.9. The molecule has 4 heterocycles. The third kappa shape index (κ3) is 3.52. The number of H-pyrrole nitrogens is 1. The van der Waals surface area contributed by atoms with Crippen molar-refractivity contribution in [3.8, 4) is 0 Å². The first-order chi connectivity index (χ1) is 12.5. The van der Waals surface area contributed by atoms with Crippen LogP contribution < -0.4 is 0 Å². The highest BCUT2D eigenvalue weighted by atomic mass is 16.5. The Bertz CT molecular complexity index is 670. The van der Waals surface area contributed by atoms with Crippen molar-refractivity contribution < 1.29 is 14.3 Å². The highest BCUT2D eigenvalue weighted by Gasteiger charge is 2.42.